The number of carbonyl (C=O) groups excluding carboxylic acids is 1. The largest absolute Gasteiger partial charge is 0.369 e. The second-order valence-corrected chi connectivity index (χ2v) is 8.25. The third-order valence-electron chi connectivity index (χ3n) is 6.36. The van der Waals surface area contributed by atoms with Crippen LogP contribution in [-0.4, -0.2) is 23.5 Å². The van der Waals surface area contributed by atoms with Crippen molar-refractivity contribution >= 4 is 11.6 Å². The fraction of sp³-hybridized carbons (Fsp3) is 0.308. The molecule has 1 aromatic heterocycles. The third-order valence-corrected chi connectivity index (χ3v) is 6.36. The lowest BCUT2D eigenvalue weighted by atomic mass is 10.0. The van der Waals surface area contributed by atoms with Crippen LogP contribution in [0.5, 0.6) is 0 Å². The highest BCUT2D eigenvalue weighted by atomic mass is 16.1. The SMILES string of the molecule is CCC1(N(C)c2ccc(-c3ccc(C(=O)NCc4ccc(C)nc4)cc3)cc2)CC1. The van der Waals surface area contributed by atoms with Gasteiger partial charge in [-0.1, -0.05) is 37.3 Å². The first-order valence-electron chi connectivity index (χ1n) is 10.6. The van der Waals surface area contributed by atoms with Gasteiger partial charge in [-0.25, -0.2) is 0 Å². The van der Waals surface area contributed by atoms with Gasteiger partial charge >= 0.3 is 0 Å². The number of amides is 1. The first kappa shape index (κ1) is 20.1. The standard InChI is InChI=1S/C26H29N3O/c1-4-26(15-16-26)29(3)24-13-11-22(12-14-24)21-7-9-23(10-8-21)25(30)28-18-20-6-5-19(2)27-17-20/h5-14,17H,4,15-16,18H2,1-3H3,(H,28,30). The van der Waals surface area contributed by atoms with Gasteiger partial charge in [0.25, 0.3) is 5.91 Å². The summed E-state index contributed by atoms with van der Waals surface area (Å²) in [6, 6.07) is 20.4. The van der Waals surface area contributed by atoms with Crippen LogP contribution in [-0.2, 0) is 6.54 Å². The minimum Gasteiger partial charge on any atom is -0.369 e. The summed E-state index contributed by atoms with van der Waals surface area (Å²) in [5, 5.41) is 2.95. The van der Waals surface area contributed by atoms with E-state index in [2.05, 4.69) is 53.4 Å². The van der Waals surface area contributed by atoms with Crippen LogP contribution in [0.25, 0.3) is 11.1 Å². The van der Waals surface area contributed by atoms with Crippen LogP contribution in [0, 0.1) is 6.92 Å². The Morgan fingerprint density at radius 1 is 1.00 bits per heavy atom. The van der Waals surface area contributed by atoms with Crippen molar-refractivity contribution in [3.8, 4) is 11.1 Å². The minimum absolute atomic E-state index is 0.0756. The molecule has 0 aliphatic heterocycles. The van der Waals surface area contributed by atoms with Crippen molar-refractivity contribution in [2.45, 2.75) is 45.2 Å². The van der Waals surface area contributed by atoms with E-state index in [0.717, 1.165) is 22.4 Å². The van der Waals surface area contributed by atoms with Crippen molar-refractivity contribution < 1.29 is 4.79 Å². The van der Waals surface area contributed by atoms with Crippen molar-refractivity contribution in [1.29, 1.82) is 0 Å². The van der Waals surface area contributed by atoms with Gasteiger partial charge in [0, 0.05) is 42.3 Å². The van der Waals surface area contributed by atoms with Crippen molar-refractivity contribution in [3.05, 3.63) is 83.7 Å². The molecule has 154 valence electrons. The number of pyridine rings is 1. The first-order valence-corrected chi connectivity index (χ1v) is 10.6. The summed E-state index contributed by atoms with van der Waals surface area (Å²) in [6.45, 7) is 4.69. The van der Waals surface area contributed by atoms with E-state index in [1.807, 2.05) is 43.3 Å². The zero-order valence-electron chi connectivity index (χ0n) is 18.0. The highest BCUT2D eigenvalue weighted by molar-refractivity contribution is 5.94. The predicted octanol–water partition coefficient (Wildman–Crippen LogP) is 5.37. The number of aromatic nitrogens is 1. The van der Waals surface area contributed by atoms with Crippen LogP contribution in [0.3, 0.4) is 0 Å². The molecule has 1 saturated carbocycles. The van der Waals surface area contributed by atoms with Gasteiger partial charge in [-0.05, 0) is 73.2 Å². The number of rotatable bonds is 7. The molecule has 0 radical (unpaired) electrons. The third kappa shape index (κ3) is 4.23. The van der Waals surface area contributed by atoms with Crippen LogP contribution in [0.4, 0.5) is 5.69 Å². The summed E-state index contributed by atoms with van der Waals surface area (Å²) in [7, 11) is 2.20. The fourth-order valence-electron chi connectivity index (χ4n) is 3.92. The summed E-state index contributed by atoms with van der Waals surface area (Å²) in [5.41, 5.74) is 6.52. The number of hydrogen-bond donors (Lipinski definition) is 1. The summed E-state index contributed by atoms with van der Waals surface area (Å²) in [4.78, 5) is 19.1. The number of hydrogen-bond acceptors (Lipinski definition) is 3. The van der Waals surface area contributed by atoms with Crippen LogP contribution in [0.15, 0.2) is 66.9 Å². The Balaban J connectivity index is 1.39. The smallest absolute Gasteiger partial charge is 0.251 e. The number of nitrogens with one attached hydrogen (secondary N) is 1. The van der Waals surface area contributed by atoms with E-state index in [1.165, 1.54) is 24.9 Å². The molecule has 0 saturated heterocycles. The molecule has 1 aliphatic rings. The predicted molar refractivity (Wildman–Crippen MR) is 123 cm³/mol. The van der Waals surface area contributed by atoms with Gasteiger partial charge in [-0.3, -0.25) is 9.78 Å². The number of benzene rings is 2. The van der Waals surface area contributed by atoms with Crippen LogP contribution >= 0.6 is 0 Å². The molecular formula is C26H29N3O. The Hall–Kier alpha value is -3.14. The molecule has 1 N–H and O–H groups in total. The topological polar surface area (TPSA) is 45.2 Å². The van der Waals surface area contributed by atoms with Gasteiger partial charge in [0.05, 0.1) is 0 Å². The van der Waals surface area contributed by atoms with Gasteiger partial charge in [-0.2, -0.15) is 0 Å². The lowest BCUT2D eigenvalue weighted by Crippen LogP contribution is -2.32. The maximum atomic E-state index is 12.4. The quantitative estimate of drug-likeness (QED) is 0.581. The molecule has 0 atom stereocenters. The number of anilines is 1. The van der Waals surface area contributed by atoms with E-state index in [4.69, 9.17) is 0 Å². The zero-order chi connectivity index (χ0) is 21.1. The van der Waals surface area contributed by atoms with E-state index in [0.29, 0.717) is 17.6 Å². The molecule has 4 rings (SSSR count). The molecule has 1 fully saturated rings. The summed E-state index contributed by atoms with van der Waals surface area (Å²) >= 11 is 0. The van der Waals surface area contributed by atoms with Crippen molar-refractivity contribution in [2.75, 3.05) is 11.9 Å². The lowest BCUT2D eigenvalue weighted by Gasteiger charge is -2.29. The molecule has 4 heteroatoms. The van der Waals surface area contributed by atoms with E-state index in [9.17, 15) is 4.79 Å². The Morgan fingerprint density at radius 2 is 1.63 bits per heavy atom. The van der Waals surface area contributed by atoms with E-state index >= 15 is 0 Å². The summed E-state index contributed by atoms with van der Waals surface area (Å²) in [5.74, 6) is -0.0756. The zero-order valence-corrected chi connectivity index (χ0v) is 18.0. The first-order chi connectivity index (χ1) is 14.5. The second-order valence-electron chi connectivity index (χ2n) is 8.25. The Morgan fingerprint density at radius 3 is 2.17 bits per heavy atom. The maximum Gasteiger partial charge on any atom is 0.251 e. The van der Waals surface area contributed by atoms with Gasteiger partial charge in [-0.15, -0.1) is 0 Å². The van der Waals surface area contributed by atoms with Crippen molar-refractivity contribution in [3.63, 3.8) is 0 Å². The molecule has 4 nitrogen and oxygen atoms in total. The van der Waals surface area contributed by atoms with Crippen LogP contribution < -0.4 is 10.2 Å². The molecule has 0 spiro atoms. The lowest BCUT2D eigenvalue weighted by molar-refractivity contribution is 0.0951. The Bertz CT molecular complexity index is 1000. The second kappa shape index (κ2) is 8.31. The van der Waals surface area contributed by atoms with Gasteiger partial charge in [0.2, 0.25) is 0 Å². The van der Waals surface area contributed by atoms with Crippen LogP contribution in [0.1, 0.15) is 47.8 Å². The molecule has 1 aliphatic carbocycles. The molecule has 3 aromatic rings. The highest BCUT2D eigenvalue weighted by Crippen LogP contribution is 2.45. The molecule has 30 heavy (non-hydrogen) atoms. The summed E-state index contributed by atoms with van der Waals surface area (Å²) in [6.07, 6.45) is 5.55. The minimum atomic E-state index is -0.0756. The fourth-order valence-corrected chi connectivity index (χ4v) is 3.92. The molecule has 2 aromatic carbocycles. The van der Waals surface area contributed by atoms with E-state index < -0.39 is 0 Å². The highest BCUT2D eigenvalue weighted by Gasteiger charge is 2.44. The average molecular weight is 400 g/mol. The number of nitrogens with zero attached hydrogens (tertiary/aromatic N) is 2. The average Bonchev–Trinajstić information content (AvgIpc) is 3.60. The molecule has 0 unspecified atom stereocenters. The monoisotopic (exact) mass is 399 g/mol. The van der Waals surface area contributed by atoms with Gasteiger partial charge in [0.15, 0.2) is 0 Å². The molecule has 0 bridgehead atoms. The molecule has 1 heterocycles. The normalized spacial score (nSPS) is 14.2. The molecular weight excluding hydrogens is 370 g/mol. The van der Waals surface area contributed by atoms with Crippen LogP contribution in [0.2, 0.25) is 0 Å². The Kier molecular flexibility index (Phi) is 5.58. The number of aryl methyl sites for hydroxylation is 1. The van der Waals surface area contributed by atoms with E-state index in [1.54, 1.807) is 6.20 Å². The van der Waals surface area contributed by atoms with Gasteiger partial charge < -0.3 is 10.2 Å². The Labute approximate surface area is 179 Å². The summed E-state index contributed by atoms with van der Waals surface area (Å²) < 4.78 is 0. The maximum absolute atomic E-state index is 12.4. The van der Waals surface area contributed by atoms with Gasteiger partial charge in [0.1, 0.15) is 0 Å². The van der Waals surface area contributed by atoms with E-state index in [-0.39, 0.29) is 5.91 Å². The van der Waals surface area contributed by atoms with Crippen molar-refractivity contribution in [1.82, 2.24) is 10.3 Å². The number of carbonyl (C=O) groups is 1. The molecule has 1 amide bonds. The van der Waals surface area contributed by atoms with Crippen molar-refractivity contribution in [2.24, 2.45) is 0 Å².